The Balaban J connectivity index is 1.51. The summed E-state index contributed by atoms with van der Waals surface area (Å²) in [5.74, 6) is -0.475. The standard InChI is InChI=1S/C23H22N4O6/c1-32-21-14-16(7-8-17(21)25-23(29)20-5-4-12-33-20)24-22(28)15-6-9-18(19(13-15)27(30)31)26-10-2-3-11-26/h4-9,12-14H,2-3,10-11H2,1H3,(H,24,28)(H,25,29). The van der Waals surface area contributed by atoms with Crippen molar-refractivity contribution in [3.05, 3.63) is 76.2 Å². The minimum Gasteiger partial charge on any atom is -0.494 e. The van der Waals surface area contributed by atoms with Gasteiger partial charge in [0.1, 0.15) is 11.4 Å². The molecule has 0 aliphatic carbocycles. The Kier molecular flexibility index (Phi) is 6.25. The van der Waals surface area contributed by atoms with E-state index in [-0.39, 0.29) is 17.0 Å². The number of rotatable bonds is 7. The van der Waals surface area contributed by atoms with E-state index in [0.717, 1.165) is 25.9 Å². The number of hydrogen-bond donors (Lipinski definition) is 2. The maximum absolute atomic E-state index is 12.8. The first kappa shape index (κ1) is 21.9. The van der Waals surface area contributed by atoms with Gasteiger partial charge in [-0.1, -0.05) is 0 Å². The molecule has 0 bridgehead atoms. The lowest BCUT2D eigenvalue weighted by Gasteiger charge is -2.18. The van der Waals surface area contributed by atoms with Gasteiger partial charge in [-0.05, 0) is 49.2 Å². The van der Waals surface area contributed by atoms with Crippen LogP contribution in [0.15, 0.2) is 59.2 Å². The highest BCUT2D eigenvalue weighted by atomic mass is 16.6. The van der Waals surface area contributed by atoms with Crippen LogP contribution in [0.25, 0.3) is 0 Å². The Morgan fingerprint density at radius 3 is 2.52 bits per heavy atom. The highest BCUT2D eigenvalue weighted by Gasteiger charge is 2.24. The van der Waals surface area contributed by atoms with E-state index >= 15 is 0 Å². The molecule has 2 aromatic carbocycles. The van der Waals surface area contributed by atoms with Gasteiger partial charge in [0.05, 0.1) is 24.0 Å². The van der Waals surface area contributed by atoms with Crippen LogP contribution in [0.5, 0.6) is 5.75 Å². The highest BCUT2D eigenvalue weighted by Crippen LogP contribution is 2.32. The van der Waals surface area contributed by atoms with E-state index in [9.17, 15) is 19.7 Å². The summed E-state index contributed by atoms with van der Waals surface area (Å²) in [7, 11) is 1.43. The third-order valence-corrected chi connectivity index (χ3v) is 5.33. The summed E-state index contributed by atoms with van der Waals surface area (Å²) in [4.78, 5) is 38.1. The van der Waals surface area contributed by atoms with E-state index in [1.165, 1.54) is 25.5 Å². The zero-order valence-corrected chi connectivity index (χ0v) is 17.9. The van der Waals surface area contributed by atoms with Gasteiger partial charge >= 0.3 is 0 Å². The Bertz CT molecular complexity index is 1190. The highest BCUT2D eigenvalue weighted by molar-refractivity contribution is 6.06. The molecule has 0 radical (unpaired) electrons. The first-order valence-electron chi connectivity index (χ1n) is 10.3. The lowest BCUT2D eigenvalue weighted by Crippen LogP contribution is -2.20. The average molecular weight is 450 g/mol. The number of methoxy groups -OCH3 is 1. The SMILES string of the molecule is COc1cc(NC(=O)c2ccc(N3CCCC3)c([N+](=O)[O-])c2)ccc1NC(=O)c1ccco1. The normalized spacial score (nSPS) is 12.9. The molecule has 2 amide bonds. The Labute approximate surface area is 189 Å². The number of nitrogens with one attached hydrogen (secondary N) is 2. The van der Waals surface area contributed by atoms with Crippen LogP contribution in [0.4, 0.5) is 22.7 Å². The number of furan rings is 1. The summed E-state index contributed by atoms with van der Waals surface area (Å²) >= 11 is 0. The fourth-order valence-corrected chi connectivity index (χ4v) is 3.70. The zero-order valence-electron chi connectivity index (χ0n) is 17.9. The zero-order chi connectivity index (χ0) is 23.4. The van der Waals surface area contributed by atoms with Gasteiger partial charge in [0.15, 0.2) is 5.76 Å². The van der Waals surface area contributed by atoms with E-state index in [1.54, 1.807) is 36.4 Å². The molecule has 4 rings (SSSR count). The topological polar surface area (TPSA) is 127 Å². The van der Waals surface area contributed by atoms with Crippen molar-refractivity contribution in [3.8, 4) is 5.75 Å². The first-order valence-corrected chi connectivity index (χ1v) is 10.3. The van der Waals surface area contributed by atoms with Crippen LogP contribution < -0.4 is 20.3 Å². The molecule has 10 heteroatoms. The van der Waals surface area contributed by atoms with Gasteiger partial charge < -0.3 is 24.7 Å². The van der Waals surface area contributed by atoms with E-state index in [2.05, 4.69) is 10.6 Å². The lowest BCUT2D eigenvalue weighted by molar-refractivity contribution is -0.384. The summed E-state index contributed by atoms with van der Waals surface area (Å²) < 4.78 is 10.4. The molecule has 1 fully saturated rings. The quantitative estimate of drug-likeness (QED) is 0.406. The van der Waals surface area contributed by atoms with Gasteiger partial charge in [0.2, 0.25) is 0 Å². The van der Waals surface area contributed by atoms with Crippen LogP contribution in [0.1, 0.15) is 33.8 Å². The number of amides is 2. The van der Waals surface area contributed by atoms with Gasteiger partial charge in [-0.25, -0.2) is 0 Å². The van der Waals surface area contributed by atoms with Crippen molar-refractivity contribution < 1.29 is 23.7 Å². The number of ether oxygens (including phenoxy) is 1. The molecule has 0 spiro atoms. The first-order chi connectivity index (χ1) is 16.0. The molecular weight excluding hydrogens is 428 g/mol. The minimum absolute atomic E-state index is 0.0990. The Morgan fingerprint density at radius 1 is 1.06 bits per heavy atom. The number of nitrogens with zero attached hydrogens (tertiary/aromatic N) is 2. The molecule has 1 aromatic heterocycles. The van der Waals surface area contributed by atoms with Gasteiger partial charge in [0.25, 0.3) is 17.5 Å². The Morgan fingerprint density at radius 2 is 1.85 bits per heavy atom. The number of carbonyl (C=O) groups is 2. The smallest absolute Gasteiger partial charge is 0.293 e. The van der Waals surface area contributed by atoms with Crippen LogP contribution in [-0.4, -0.2) is 36.9 Å². The predicted octanol–water partition coefficient (Wildman–Crippen LogP) is 4.30. The van der Waals surface area contributed by atoms with Gasteiger partial charge in [-0.2, -0.15) is 0 Å². The van der Waals surface area contributed by atoms with Gasteiger partial charge in [-0.15, -0.1) is 0 Å². The van der Waals surface area contributed by atoms with Crippen LogP contribution in [-0.2, 0) is 0 Å². The van der Waals surface area contributed by atoms with Crippen molar-refractivity contribution in [2.75, 3.05) is 35.7 Å². The summed E-state index contributed by atoms with van der Waals surface area (Å²) in [6.07, 6.45) is 3.37. The van der Waals surface area contributed by atoms with E-state index < -0.39 is 16.7 Å². The van der Waals surface area contributed by atoms with E-state index in [0.29, 0.717) is 22.8 Å². The summed E-state index contributed by atoms with van der Waals surface area (Å²) in [5.41, 5.74) is 1.38. The second kappa shape index (κ2) is 9.43. The fourth-order valence-electron chi connectivity index (χ4n) is 3.70. The summed E-state index contributed by atoms with van der Waals surface area (Å²) in [6, 6.07) is 12.3. The maximum atomic E-state index is 12.8. The molecule has 1 aliphatic heterocycles. The second-order valence-electron chi connectivity index (χ2n) is 7.46. The molecule has 1 saturated heterocycles. The van der Waals surface area contributed by atoms with Gasteiger partial charge in [0, 0.05) is 36.5 Å². The molecule has 0 unspecified atom stereocenters. The molecule has 0 saturated carbocycles. The molecule has 2 heterocycles. The van der Waals surface area contributed by atoms with Crippen molar-refractivity contribution >= 4 is 34.6 Å². The maximum Gasteiger partial charge on any atom is 0.293 e. The van der Waals surface area contributed by atoms with Crippen LogP contribution in [0, 0.1) is 10.1 Å². The number of benzene rings is 2. The molecule has 2 N–H and O–H groups in total. The molecular formula is C23H22N4O6. The van der Waals surface area contributed by atoms with Crippen LogP contribution >= 0.6 is 0 Å². The molecule has 10 nitrogen and oxygen atoms in total. The molecule has 1 aliphatic rings. The number of anilines is 3. The largest absolute Gasteiger partial charge is 0.494 e. The van der Waals surface area contributed by atoms with Crippen molar-refractivity contribution in [1.82, 2.24) is 0 Å². The predicted molar refractivity (Wildman–Crippen MR) is 122 cm³/mol. The third-order valence-electron chi connectivity index (χ3n) is 5.33. The average Bonchev–Trinajstić information content (AvgIpc) is 3.54. The molecule has 3 aromatic rings. The number of nitro benzene ring substituents is 1. The Hall–Kier alpha value is -4.34. The number of carbonyl (C=O) groups excluding carboxylic acids is 2. The molecule has 170 valence electrons. The monoisotopic (exact) mass is 450 g/mol. The third kappa shape index (κ3) is 4.79. The van der Waals surface area contributed by atoms with Crippen LogP contribution in [0.3, 0.4) is 0 Å². The van der Waals surface area contributed by atoms with Gasteiger partial charge in [-0.3, -0.25) is 19.7 Å². The summed E-state index contributed by atoms with van der Waals surface area (Å²) in [5, 5.41) is 17.0. The van der Waals surface area contributed by atoms with E-state index in [4.69, 9.17) is 9.15 Å². The van der Waals surface area contributed by atoms with Crippen molar-refractivity contribution in [2.45, 2.75) is 12.8 Å². The van der Waals surface area contributed by atoms with Crippen molar-refractivity contribution in [2.24, 2.45) is 0 Å². The van der Waals surface area contributed by atoms with E-state index in [1.807, 2.05) is 4.90 Å². The van der Waals surface area contributed by atoms with Crippen LogP contribution in [0.2, 0.25) is 0 Å². The van der Waals surface area contributed by atoms with Crippen molar-refractivity contribution in [3.63, 3.8) is 0 Å². The summed E-state index contributed by atoms with van der Waals surface area (Å²) in [6.45, 7) is 1.52. The fraction of sp³-hybridized carbons (Fsp3) is 0.217. The number of hydrogen-bond acceptors (Lipinski definition) is 7. The number of nitro groups is 1. The van der Waals surface area contributed by atoms with Crippen molar-refractivity contribution in [1.29, 1.82) is 0 Å². The lowest BCUT2D eigenvalue weighted by atomic mass is 10.1. The molecule has 0 atom stereocenters. The molecule has 33 heavy (non-hydrogen) atoms. The minimum atomic E-state index is -0.500. The second-order valence-corrected chi connectivity index (χ2v) is 7.46.